The first kappa shape index (κ1) is 14.8. The number of aromatic nitrogens is 1. The fourth-order valence-electron chi connectivity index (χ4n) is 1.79. The quantitative estimate of drug-likeness (QED) is 0.707. The van der Waals surface area contributed by atoms with Gasteiger partial charge in [-0.1, -0.05) is 20.8 Å². The lowest BCUT2D eigenvalue weighted by Crippen LogP contribution is -2.28. The van der Waals surface area contributed by atoms with Gasteiger partial charge in [0.1, 0.15) is 5.82 Å². The van der Waals surface area contributed by atoms with Crippen molar-refractivity contribution >= 4 is 11.5 Å². The smallest absolute Gasteiger partial charge is 0.127 e. The topological polar surface area (TPSA) is 40.2 Å². The Labute approximate surface area is 111 Å². The molecule has 1 rings (SSSR count). The highest BCUT2D eigenvalue weighted by Gasteiger charge is 1.99. The molecule has 0 aliphatic heterocycles. The molecule has 0 fully saturated rings. The number of likely N-dealkylation sites (N-methyl/N-ethyl adjacent to an activating group) is 1. The summed E-state index contributed by atoms with van der Waals surface area (Å²) in [5, 5.41) is 6.73. The summed E-state index contributed by atoms with van der Waals surface area (Å²) in [7, 11) is 0. The molecule has 4 nitrogen and oxygen atoms in total. The number of nitrogens with zero attached hydrogens (tertiary/aromatic N) is 2. The Hall–Kier alpha value is -1.29. The number of anilines is 2. The van der Waals surface area contributed by atoms with Gasteiger partial charge in [-0.25, -0.2) is 4.98 Å². The molecule has 0 spiro atoms. The van der Waals surface area contributed by atoms with Crippen molar-refractivity contribution in [3.8, 4) is 0 Å². The first-order chi connectivity index (χ1) is 8.80. The minimum absolute atomic E-state index is 0.949. The second-order valence-corrected chi connectivity index (χ2v) is 4.31. The molecule has 0 saturated carbocycles. The predicted octanol–water partition coefficient (Wildman–Crippen LogP) is 2.66. The van der Waals surface area contributed by atoms with Crippen molar-refractivity contribution in [2.75, 3.05) is 43.4 Å². The summed E-state index contributed by atoms with van der Waals surface area (Å²) in [4.78, 5) is 6.70. The molecule has 102 valence electrons. The lowest BCUT2D eigenvalue weighted by Gasteiger charge is -2.18. The van der Waals surface area contributed by atoms with E-state index in [-0.39, 0.29) is 0 Å². The summed E-state index contributed by atoms with van der Waals surface area (Å²) >= 11 is 0. The van der Waals surface area contributed by atoms with Crippen molar-refractivity contribution in [2.45, 2.75) is 27.2 Å². The average Bonchev–Trinajstić information content (AvgIpc) is 2.42. The Kier molecular flexibility index (Phi) is 7.18. The molecule has 1 aromatic rings. The van der Waals surface area contributed by atoms with Gasteiger partial charge in [-0.2, -0.15) is 0 Å². The van der Waals surface area contributed by atoms with Crippen LogP contribution in [0, 0.1) is 0 Å². The van der Waals surface area contributed by atoms with E-state index in [4.69, 9.17) is 0 Å². The van der Waals surface area contributed by atoms with E-state index in [0.717, 1.165) is 50.6 Å². The van der Waals surface area contributed by atoms with Gasteiger partial charge in [0.15, 0.2) is 0 Å². The largest absolute Gasteiger partial charge is 0.384 e. The molecule has 1 heterocycles. The molecule has 0 amide bonds. The highest BCUT2D eigenvalue weighted by molar-refractivity contribution is 5.51. The van der Waals surface area contributed by atoms with Crippen LogP contribution in [0.1, 0.15) is 27.2 Å². The average molecular weight is 250 g/mol. The highest BCUT2D eigenvalue weighted by Crippen LogP contribution is 2.11. The van der Waals surface area contributed by atoms with E-state index in [1.165, 1.54) is 0 Å². The number of rotatable bonds is 9. The summed E-state index contributed by atoms with van der Waals surface area (Å²) in [6, 6.07) is 4.08. The van der Waals surface area contributed by atoms with Crippen molar-refractivity contribution in [3.05, 3.63) is 18.3 Å². The Balaban J connectivity index is 2.37. The highest BCUT2D eigenvalue weighted by atomic mass is 15.1. The van der Waals surface area contributed by atoms with Crippen LogP contribution in [0.4, 0.5) is 11.5 Å². The number of hydrogen-bond donors (Lipinski definition) is 2. The Bertz CT molecular complexity index is 323. The van der Waals surface area contributed by atoms with Crippen LogP contribution in [0.25, 0.3) is 0 Å². The van der Waals surface area contributed by atoms with Crippen LogP contribution >= 0.6 is 0 Å². The summed E-state index contributed by atoms with van der Waals surface area (Å²) in [6.07, 6.45) is 2.96. The van der Waals surface area contributed by atoms with Crippen molar-refractivity contribution in [1.29, 1.82) is 0 Å². The minimum Gasteiger partial charge on any atom is -0.384 e. The fraction of sp³-hybridized carbons (Fsp3) is 0.643. The van der Waals surface area contributed by atoms with E-state index in [0.29, 0.717) is 0 Å². The molecule has 0 atom stereocenters. The number of pyridine rings is 1. The minimum atomic E-state index is 0.949. The first-order valence-electron chi connectivity index (χ1n) is 6.96. The van der Waals surface area contributed by atoms with E-state index in [1.807, 2.05) is 12.3 Å². The van der Waals surface area contributed by atoms with E-state index >= 15 is 0 Å². The second kappa shape index (κ2) is 8.75. The summed E-state index contributed by atoms with van der Waals surface area (Å²) < 4.78 is 0. The van der Waals surface area contributed by atoms with Crippen molar-refractivity contribution < 1.29 is 0 Å². The van der Waals surface area contributed by atoms with Crippen molar-refractivity contribution in [3.63, 3.8) is 0 Å². The summed E-state index contributed by atoms with van der Waals surface area (Å²) in [5.74, 6) is 0.949. The Morgan fingerprint density at radius 3 is 2.56 bits per heavy atom. The third-order valence-corrected chi connectivity index (χ3v) is 2.97. The van der Waals surface area contributed by atoms with Gasteiger partial charge in [0.05, 0.1) is 0 Å². The van der Waals surface area contributed by atoms with Crippen LogP contribution in [0.3, 0.4) is 0 Å². The first-order valence-corrected chi connectivity index (χ1v) is 6.96. The lowest BCUT2D eigenvalue weighted by molar-refractivity contribution is 0.316. The van der Waals surface area contributed by atoms with Gasteiger partial charge in [-0.3, -0.25) is 0 Å². The maximum Gasteiger partial charge on any atom is 0.127 e. The molecule has 0 aliphatic carbocycles. The van der Waals surface area contributed by atoms with Gasteiger partial charge in [-0.15, -0.1) is 0 Å². The molecule has 0 saturated heterocycles. The molecule has 0 aliphatic rings. The van der Waals surface area contributed by atoms with Crippen LogP contribution in [0.15, 0.2) is 18.3 Å². The molecular weight excluding hydrogens is 224 g/mol. The lowest BCUT2D eigenvalue weighted by atomic mass is 10.3. The van der Waals surface area contributed by atoms with Gasteiger partial charge in [0, 0.05) is 37.6 Å². The molecule has 0 radical (unpaired) electrons. The Morgan fingerprint density at radius 1 is 1.11 bits per heavy atom. The second-order valence-electron chi connectivity index (χ2n) is 4.31. The van der Waals surface area contributed by atoms with Gasteiger partial charge >= 0.3 is 0 Å². The van der Waals surface area contributed by atoms with Crippen LogP contribution in [-0.2, 0) is 0 Å². The molecule has 2 N–H and O–H groups in total. The van der Waals surface area contributed by atoms with Gasteiger partial charge in [0.2, 0.25) is 0 Å². The zero-order valence-electron chi connectivity index (χ0n) is 11.9. The summed E-state index contributed by atoms with van der Waals surface area (Å²) in [6.45, 7) is 11.8. The zero-order chi connectivity index (χ0) is 13.2. The number of nitrogens with one attached hydrogen (secondary N) is 2. The van der Waals surface area contributed by atoms with E-state index in [1.54, 1.807) is 0 Å². The van der Waals surface area contributed by atoms with Gasteiger partial charge in [-0.05, 0) is 25.6 Å². The summed E-state index contributed by atoms with van der Waals surface area (Å²) in [5.41, 5.74) is 1.13. The molecule has 0 unspecified atom stereocenters. The Morgan fingerprint density at radius 2 is 1.89 bits per heavy atom. The predicted molar refractivity (Wildman–Crippen MR) is 79.3 cm³/mol. The third kappa shape index (κ3) is 5.36. The van der Waals surface area contributed by atoms with E-state index < -0.39 is 0 Å². The normalized spacial score (nSPS) is 10.7. The van der Waals surface area contributed by atoms with Crippen molar-refractivity contribution in [2.24, 2.45) is 0 Å². The molecule has 4 heteroatoms. The maximum atomic E-state index is 4.29. The SMILES string of the molecule is CCCNc1cc(NCCN(CC)CC)ccn1. The third-order valence-electron chi connectivity index (χ3n) is 2.97. The molecule has 18 heavy (non-hydrogen) atoms. The fourth-order valence-corrected chi connectivity index (χ4v) is 1.79. The van der Waals surface area contributed by atoms with Crippen LogP contribution in [0.5, 0.6) is 0 Å². The maximum absolute atomic E-state index is 4.29. The van der Waals surface area contributed by atoms with Crippen LogP contribution in [-0.4, -0.2) is 42.6 Å². The van der Waals surface area contributed by atoms with Crippen LogP contribution in [0.2, 0.25) is 0 Å². The van der Waals surface area contributed by atoms with Crippen LogP contribution < -0.4 is 10.6 Å². The van der Waals surface area contributed by atoms with Gasteiger partial charge < -0.3 is 15.5 Å². The molecular formula is C14H26N4. The van der Waals surface area contributed by atoms with Crippen molar-refractivity contribution in [1.82, 2.24) is 9.88 Å². The van der Waals surface area contributed by atoms with Gasteiger partial charge in [0.25, 0.3) is 0 Å². The standard InChI is InChI=1S/C14H26N4/c1-4-8-16-14-12-13(7-9-17-14)15-10-11-18(5-2)6-3/h7,9,12H,4-6,8,10-11H2,1-3H3,(H2,15,16,17). The van der Waals surface area contributed by atoms with E-state index in [9.17, 15) is 0 Å². The van der Waals surface area contributed by atoms with E-state index in [2.05, 4.69) is 47.4 Å². The molecule has 0 bridgehead atoms. The molecule has 1 aromatic heterocycles. The number of hydrogen-bond acceptors (Lipinski definition) is 4. The monoisotopic (exact) mass is 250 g/mol. The molecule has 0 aromatic carbocycles. The zero-order valence-corrected chi connectivity index (χ0v) is 11.9.